The SMILES string of the molecule is Cc1ccc(C)c(S(=O)(=O)N2CC/C(=N\O)C(C)C2)c1. The molecule has 1 aromatic carbocycles. The topological polar surface area (TPSA) is 70.0 Å². The van der Waals surface area contributed by atoms with E-state index in [2.05, 4.69) is 5.16 Å². The van der Waals surface area contributed by atoms with Crippen LogP contribution in [0.4, 0.5) is 0 Å². The van der Waals surface area contributed by atoms with Gasteiger partial charge in [0.2, 0.25) is 10.0 Å². The standard InChI is InChI=1S/C14H20N2O3S/c1-10-4-5-11(2)14(8-10)20(18,19)16-7-6-13(15-17)12(3)9-16/h4-5,8,12,17H,6-7,9H2,1-3H3/b15-13+. The van der Waals surface area contributed by atoms with Crippen LogP contribution in [0.1, 0.15) is 24.5 Å². The van der Waals surface area contributed by atoms with E-state index < -0.39 is 10.0 Å². The van der Waals surface area contributed by atoms with Crippen molar-refractivity contribution in [2.75, 3.05) is 13.1 Å². The van der Waals surface area contributed by atoms with E-state index in [0.29, 0.717) is 30.1 Å². The second kappa shape index (κ2) is 5.54. The van der Waals surface area contributed by atoms with Gasteiger partial charge in [0.05, 0.1) is 10.6 Å². The Labute approximate surface area is 120 Å². The van der Waals surface area contributed by atoms with Crippen LogP contribution in [0.2, 0.25) is 0 Å². The smallest absolute Gasteiger partial charge is 0.243 e. The fourth-order valence-corrected chi connectivity index (χ4v) is 4.32. The van der Waals surface area contributed by atoms with E-state index in [1.54, 1.807) is 13.0 Å². The molecule has 0 radical (unpaired) electrons. The van der Waals surface area contributed by atoms with Gasteiger partial charge in [0, 0.05) is 25.4 Å². The molecule has 5 nitrogen and oxygen atoms in total. The van der Waals surface area contributed by atoms with Crippen molar-refractivity contribution in [2.24, 2.45) is 11.1 Å². The first-order valence-electron chi connectivity index (χ1n) is 6.64. The Hall–Kier alpha value is -1.40. The maximum absolute atomic E-state index is 12.7. The predicted octanol–water partition coefficient (Wildman–Crippen LogP) is 2.16. The summed E-state index contributed by atoms with van der Waals surface area (Å²) in [6.45, 7) is 6.28. The van der Waals surface area contributed by atoms with Crippen molar-refractivity contribution in [1.82, 2.24) is 4.31 Å². The van der Waals surface area contributed by atoms with E-state index in [4.69, 9.17) is 5.21 Å². The summed E-state index contributed by atoms with van der Waals surface area (Å²) >= 11 is 0. The number of hydrogen-bond acceptors (Lipinski definition) is 4. The highest BCUT2D eigenvalue weighted by Gasteiger charge is 2.32. The molecule has 1 aliphatic rings. The molecule has 0 bridgehead atoms. The van der Waals surface area contributed by atoms with Gasteiger partial charge in [-0.1, -0.05) is 24.2 Å². The second-order valence-corrected chi connectivity index (χ2v) is 7.28. The Morgan fingerprint density at radius 2 is 2.05 bits per heavy atom. The summed E-state index contributed by atoms with van der Waals surface area (Å²) in [5.41, 5.74) is 2.35. The Bertz CT molecular complexity index is 638. The van der Waals surface area contributed by atoms with Crippen LogP contribution in [-0.2, 0) is 10.0 Å². The molecule has 0 aliphatic carbocycles. The summed E-state index contributed by atoms with van der Waals surface area (Å²) in [5.74, 6) is -0.0614. The molecule has 1 atom stereocenters. The van der Waals surface area contributed by atoms with Gasteiger partial charge in [-0.2, -0.15) is 4.31 Å². The van der Waals surface area contributed by atoms with Crippen LogP contribution < -0.4 is 0 Å². The largest absolute Gasteiger partial charge is 0.411 e. The lowest BCUT2D eigenvalue weighted by atomic mass is 10.00. The zero-order valence-corrected chi connectivity index (χ0v) is 12.8. The molecule has 1 fully saturated rings. The molecule has 0 spiro atoms. The van der Waals surface area contributed by atoms with E-state index in [1.807, 2.05) is 26.0 Å². The first kappa shape index (κ1) is 15.0. The first-order chi connectivity index (χ1) is 9.36. The van der Waals surface area contributed by atoms with Gasteiger partial charge in [-0.05, 0) is 31.0 Å². The minimum Gasteiger partial charge on any atom is -0.411 e. The van der Waals surface area contributed by atoms with Crippen LogP contribution in [-0.4, -0.2) is 36.7 Å². The Morgan fingerprint density at radius 3 is 2.65 bits per heavy atom. The van der Waals surface area contributed by atoms with Crippen molar-refractivity contribution < 1.29 is 13.6 Å². The lowest BCUT2D eigenvalue weighted by Gasteiger charge is -2.31. The third kappa shape index (κ3) is 2.71. The summed E-state index contributed by atoms with van der Waals surface area (Å²) < 4.78 is 26.9. The minimum atomic E-state index is -3.48. The van der Waals surface area contributed by atoms with Crippen LogP contribution in [0.3, 0.4) is 0 Å². The summed E-state index contributed by atoms with van der Waals surface area (Å²) in [5, 5.41) is 12.1. The Balaban J connectivity index is 2.34. The van der Waals surface area contributed by atoms with Gasteiger partial charge in [-0.3, -0.25) is 0 Å². The van der Waals surface area contributed by atoms with Crippen LogP contribution in [0.15, 0.2) is 28.3 Å². The number of aryl methyl sites for hydroxylation is 2. The van der Waals surface area contributed by atoms with Crippen molar-refractivity contribution in [3.8, 4) is 0 Å². The van der Waals surface area contributed by atoms with E-state index in [9.17, 15) is 8.42 Å². The van der Waals surface area contributed by atoms with Crippen molar-refractivity contribution in [2.45, 2.75) is 32.1 Å². The fraction of sp³-hybridized carbons (Fsp3) is 0.500. The lowest BCUT2D eigenvalue weighted by Crippen LogP contribution is -2.43. The fourth-order valence-electron chi connectivity index (χ4n) is 2.48. The van der Waals surface area contributed by atoms with Crippen LogP contribution in [0.5, 0.6) is 0 Å². The van der Waals surface area contributed by atoms with Crippen LogP contribution in [0.25, 0.3) is 0 Å². The minimum absolute atomic E-state index is 0.0614. The zero-order chi connectivity index (χ0) is 14.9. The number of benzene rings is 1. The highest BCUT2D eigenvalue weighted by atomic mass is 32.2. The highest BCUT2D eigenvalue weighted by Crippen LogP contribution is 2.25. The van der Waals surface area contributed by atoms with Gasteiger partial charge >= 0.3 is 0 Å². The Kier molecular flexibility index (Phi) is 4.15. The van der Waals surface area contributed by atoms with Crippen LogP contribution >= 0.6 is 0 Å². The molecule has 6 heteroatoms. The summed E-state index contributed by atoms with van der Waals surface area (Å²) in [6, 6.07) is 5.45. The molecular formula is C14H20N2O3S. The van der Waals surface area contributed by atoms with Crippen molar-refractivity contribution in [1.29, 1.82) is 0 Å². The third-order valence-electron chi connectivity index (χ3n) is 3.75. The van der Waals surface area contributed by atoms with Gasteiger partial charge in [0.15, 0.2) is 0 Å². The van der Waals surface area contributed by atoms with Crippen molar-refractivity contribution in [3.05, 3.63) is 29.3 Å². The zero-order valence-electron chi connectivity index (χ0n) is 12.0. The highest BCUT2D eigenvalue weighted by molar-refractivity contribution is 7.89. The van der Waals surface area contributed by atoms with E-state index in [0.717, 1.165) is 11.1 Å². The molecule has 1 aliphatic heterocycles. The average Bonchev–Trinajstić information content (AvgIpc) is 2.41. The molecule has 1 N–H and O–H groups in total. The predicted molar refractivity (Wildman–Crippen MR) is 77.7 cm³/mol. The molecule has 0 aromatic heterocycles. The van der Waals surface area contributed by atoms with E-state index >= 15 is 0 Å². The van der Waals surface area contributed by atoms with Gasteiger partial charge in [0.25, 0.3) is 0 Å². The number of hydrogen-bond donors (Lipinski definition) is 1. The monoisotopic (exact) mass is 296 g/mol. The maximum Gasteiger partial charge on any atom is 0.243 e. The molecule has 1 unspecified atom stereocenters. The molecule has 0 amide bonds. The molecule has 2 rings (SSSR count). The summed E-state index contributed by atoms with van der Waals surface area (Å²) in [6.07, 6.45) is 0.474. The Morgan fingerprint density at radius 1 is 1.35 bits per heavy atom. The van der Waals surface area contributed by atoms with Gasteiger partial charge in [0.1, 0.15) is 0 Å². The van der Waals surface area contributed by atoms with Crippen molar-refractivity contribution in [3.63, 3.8) is 0 Å². The molecule has 20 heavy (non-hydrogen) atoms. The van der Waals surface area contributed by atoms with E-state index in [-0.39, 0.29) is 5.92 Å². The lowest BCUT2D eigenvalue weighted by molar-refractivity contribution is 0.300. The molecule has 0 saturated carbocycles. The van der Waals surface area contributed by atoms with Gasteiger partial charge in [-0.15, -0.1) is 0 Å². The number of piperidine rings is 1. The summed E-state index contributed by atoms with van der Waals surface area (Å²) in [4.78, 5) is 0.370. The third-order valence-corrected chi connectivity index (χ3v) is 5.76. The number of oxime groups is 1. The first-order valence-corrected chi connectivity index (χ1v) is 8.08. The summed E-state index contributed by atoms with van der Waals surface area (Å²) in [7, 11) is -3.48. The molecule has 1 saturated heterocycles. The van der Waals surface area contributed by atoms with Crippen LogP contribution in [0, 0.1) is 19.8 Å². The number of nitrogens with zero attached hydrogens (tertiary/aromatic N) is 2. The normalized spacial score (nSPS) is 23.1. The number of sulfonamides is 1. The van der Waals surface area contributed by atoms with Gasteiger partial charge in [-0.25, -0.2) is 8.42 Å². The maximum atomic E-state index is 12.7. The van der Waals surface area contributed by atoms with Crippen molar-refractivity contribution >= 4 is 15.7 Å². The van der Waals surface area contributed by atoms with E-state index in [1.165, 1.54) is 4.31 Å². The molecule has 1 aromatic rings. The average molecular weight is 296 g/mol. The molecular weight excluding hydrogens is 276 g/mol. The molecule has 110 valence electrons. The molecule has 1 heterocycles. The van der Waals surface area contributed by atoms with Gasteiger partial charge < -0.3 is 5.21 Å². The quantitative estimate of drug-likeness (QED) is 0.671. The second-order valence-electron chi connectivity index (χ2n) is 5.37. The number of rotatable bonds is 2.